The van der Waals surface area contributed by atoms with Crippen LogP contribution in [0.1, 0.15) is 19.7 Å². The molecule has 0 N–H and O–H groups in total. The number of rotatable bonds is 5. The summed E-state index contributed by atoms with van der Waals surface area (Å²) in [6, 6.07) is -0.0107. The maximum absolute atomic E-state index is 12.8. The van der Waals surface area contributed by atoms with E-state index in [2.05, 4.69) is 43.0 Å². The molecular formula is C18H32N6O. The van der Waals surface area contributed by atoms with Crippen molar-refractivity contribution < 1.29 is 4.79 Å². The van der Waals surface area contributed by atoms with Crippen LogP contribution in [0.5, 0.6) is 0 Å². The molecule has 2 aliphatic heterocycles. The first-order chi connectivity index (χ1) is 12.1. The zero-order chi connectivity index (χ0) is 17.8. The third-order valence-corrected chi connectivity index (χ3v) is 5.73. The fraction of sp³-hybridized carbons (Fsp3) is 0.778. The molecule has 2 saturated heterocycles. The van der Waals surface area contributed by atoms with E-state index >= 15 is 0 Å². The lowest BCUT2D eigenvalue weighted by Gasteiger charge is -2.40. The van der Waals surface area contributed by atoms with Crippen molar-refractivity contribution >= 4 is 5.91 Å². The van der Waals surface area contributed by atoms with Gasteiger partial charge in [0.1, 0.15) is 5.82 Å². The summed E-state index contributed by atoms with van der Waals surface area (Å²) in [5.41, 5.74) is 0. The molecule has 2 fully saturated rings. The highest BCUT2D eigenvalue weighted by Gasteiger charge is 2.30. The summed E-state index contributed by atoms with van der Waals surface area (Å²) < 4.78 is 2.08. The van der Waals surface area contributed by atoms with Gasteiger partial charge in [-0.1, -0.05) is 6.92 Å². The maximum atomic E-state index is 12.8. The van der Waals surface area contributed by atoms with Crippen LogP contribution < -0.4 is 0 Å². The Bertz CT molecular complexity index is 558. The molecule has 0 radical (unpaired) electrons. The van der Waals surface area contributed by atoms with E-state index in [-0.39, 0.29) is 6.04 Å². The van der Waals surface area contributed by atoms with Crippen molar-refractivity contribution in [1.29, 1.82) is 0 Å². The van der Waals surface area contributed by atoms with Gasteiger partial charge in [0.2, 0.25) is 5.91 Å². The highest BCUT2D eigenvalue weighted by Crippen LogP contribution is 2.12. The Morgan fingerprint density at radius 2 is 1.72 bits per heavy atom. The molecule has 3 rings (SSSR count). The van der Waals surface area contributed by atoms with Gasteiger partial charge < -0.3 is 14.4 Å². The lowest BCUT2D eigenvalue weighted by Crippen LogP contribution is -2.57. The van der Waals surface area contributed by atoms with Gasteiger partial charge in [-0.25, -0.2) is 4.98 Å². The number of carbonyl (C=O) groups is 1. The molecule has 1 amide bonds. The highest BCUT2D eigenvalue weighted by atomic mass is 16.2. The van der Waals surface area contributed by atoms with Gasteiger partial charge in [0.05, 0.1) is 12.6 Å². The minimum Gasteiger partial charge on any atom is -0.339 e. The van der Waals surface area contributed by atoms with Crippen molar-refractivity contribution in [3.05, 3.63) is 18.2 Å². The molecule has 0 aliphatic carbocycles. The Hall–Kier alpha value is -1.44. The average molecular weight is 348 g/mol. The minimum atomic E-state index is -0.0107. The molecule has 25 heavy (non-hydrogen) atoms. The highest BCUT2D eigenvalue weighted by molar-refractivity contribution is 5.81. The Morgan fingerprint density at radius 1 is 1.08 bits per heavy atom. The molecule has 1 aromatic heterocycles. The van der Waals surface area contributed by atoms with Crippen LogP contribution in [0.4, 0.5) is 0 Å². The molecule has 1 atom stereocenters. The van der Waals surface area contributed by atoms with Crippen molar-refractivity contribution in [3.63, 3.8) is 0 Å². The predicted molar refractivity (Wildman–Crippen MR) is 98.2 cm³/mol. The van der Waals surface area contributed by atoms with Crippen molar-refractivity contribution in [1.82, 2.24) is 29.2 Å². The van der Waals surface area contributed by atoms with Crippen LogP contribution in [0.25, 0.3) is 0 Å². The molecule has 0 aromatic carbocycles. The van der Waals surface area contributed by atoms with E-state index in [1.165, 1.54) is 0 Å². The third kappa shape index (κ3) is 4.40. The normalized spacial score (nSPS) is 22.3. The van der Waals surface area contributed by atoms with Gasteiger partial charge in [0.25, 0.3) is 0 Å². The zero-order valence-corrected chi connectivity index (χ0v) is 15.9. The van der Waals surface area contributed by atoms with Crippen LogP contribution in [-0.2, 0) is 18.4 Å². The number of imidazole rings is 1. The van der Waals surface area contributed by atoms with Crippen LogP contribution in [0.2, 0.25) is 0 Å². The summed E-state index contributed by atoms with van der Waals surface area (Å²) in [6.45, 7) is 13.9. The molecule has 0 bridgehead atoms. The number of nitrogens with zero attached hydrogens (tertiary/aromatic N) is 6. The van der Waals surface area contributed by atoms with E-state index in [4.69, 9.17) is 0 Å². The summed E-state index contributed by atoms with van der Waals surface area (Å²) >= 11 is 0. The molecule has 0 unspecified atom stereocenters. The molecule has 7 nitrogen and oxygen atoms in total. The lowest BCUT2D eigenvalue weighted by atomic mass is 10.2. The van der Waals surface area contributed by atoms with Crippen molar-refractivity contribution in [2.45, 2.75) is 26.4 Å². The van der Waals surface area contributed by atoms with Gasteiger partial charge in [-0.2, -0.15) is 0 Å². The molecule has 2 aliphatic rings. The fourth-order valence-corrected chi connectivity index (χ4v) is 3.76. The zero-order valence-electron chi connectivity index (χ0n) is 15.9. The van der Waals surface area contributed by atoms with E-state index in [1.807, 2.05) is 19.4 Å². The van der Waals surface area contributed by atoms with Crippen LogP contribution in [-0.4, -0.2) is 100 Å². The van der Waals surface area contributed by atoms with E-state index in [0.717, 1.165) is 71.3 Å². The SMILES string of the molecule is CCN1CCN(C(=O)[C@H](C)N2CCN(Cc3nccn3C)CC2)CC1. The second-order valence-electron chi connectivity index (χ2n) is 7.20. The van der Waals surface area contributed by atoms with Gasteiger partial charge in [0, 0.05) is 71.8 Å². The van der Waals surface area contributed by atoms with Gasteiger partial charge in [-0.15, -0.1) is 0 Å². The quantitative estimate of drug-likeness (QED) is 0.755. The van der Waals surface area contributed by atoms with E-state index in [0.29, 0.717) is 5.91 Å². The first-order valence-corrected chi connectivity index (χ1v) is 9.52. The number of likely N-dealkylation sites (N-methyl/N-ethyl adjacent to an activating group) is 1. The Balaban J connectivity index is 1.45. The minimum absolute atomic E-state index is 0.0107. The lowest BCUT2D eigenvalue weighted by molar-refractivity contribution is -0.138. The van der Waals surface area contributed by atoms with E-state index in [1.54, 1.807) is 0 Å². The Labute approximate surface area is 151 Å². The summed E-state index contributed by atoms with van der Waals surface area (Å²) in [5, 5.41) is 0. The Kier molecular flexibility index (Phi) is 6.09. The third-order valence-electron chi connectivity index (χ3n) is 5.73. The van der Waals surface area contributed by atoms with Crippen LogP contribution >= 0.6 is 0 Å². The molecule has 3 heterocycles. The van der Waals surface area contributed by atoms with Crippen LogP contribution in [0.15, 0.2) is 12.4 Å². The van der Waals surface area contributed by atoms with Gasteiger partial charge in [0.15, 0.2) is 0 Å². The number of piperazine rings is 2. The van der Waals surface area contributed by atoms with Crippen molar-refractivity contribution in [2.75, 3.05) is 58.9 Å². The number of amides is 1. The van der Waals surface area contributed by atoms with E-state index in [9.17, 15) is 4.79 Å². The maximum Gasteiger partial charge on any atom is 0.239 e. The molecule has 1 aromatic rings. The van der Waals surface area contributed by atoms with Crippen LogP contribution in [0.3, 0.4) is 0 Å². The number of aromatic nitrogens is 2. The summed E-state index contributed by atoms with van der Waals surface area (Å²) in [4.78, 5) is 26.4. The van der Waals surface area contributed by atoms with Gasteiger partial charge in [-0.3, -0.25) is 14.6 Å². The molecule has 7 heteroatoms. The second kappa shape index (κ2) is 8.29. The number of hydrogen-bond donors (Lipinski definition) is 0. The Morgan fingerprint density at radius 3 is 2.28 bits per heavy atom. The molecule has 0 spiro atoms. The summed E-state index contributed by atoms with van der Waals surface area (Å²) in [5.74, 6) is 1.40. The second-order valence-corrected chi connectivity index (χ2v) is 7.20. The van der Waals surface area contributed by atoms with E-state index < -0.39 is 0 Å². The first-order valence-electron chi connectivity index (χ1n) is 9.52. The summed E-state index contributed by atoms with van der Waals surface area (Å²) in [6.07, 6.45) is 3.84. The van der Waals surface area contributed by atoms with Gasteiger partial charge in [-0.05, 0) is 13.5 Å². The van der Waals surface area contributed by atoms with Crippen molar-refractivity contribution in [3.8, 4) is 0 Å². The number of hydrogen-bond acceptors (Lipinski definition) is 5. The van der Waals surface area contributed by atoms with Gasteiger partial charge >= 0.3 is 0 Å². The summed E-state index contributed by atoms with van der Waals surface area (Å²) in [7, 11) is 2.04. The standard InChI is InChI=1S/C18H32N6O/c1-4-21-7-13-24(14-8-21)18(25)16(2)23-11-9-22(10-12-23)15-17-19-5-6-20(17)3/h5-6,16H,4,7-15H2,1-3H3/t16-/m0/s1. The molecule has 0 saturated carbocycles. The predicted octanol–water partition coefficient (Wildman–Crippen LogP) is 0.0903. The molecule has 140 valence electrons. The number of aryl methyl sites for hydroxylation is 1. The largest absolute Gasteiger partial charge is 0.339 e. The fourth-order valence-electron chi connectivity index (χ4n) is 3.76. The van der Waals surface area contributed by atoms with Crippen molar-refractivity contribution in [2.24, 2.45) is 7.05 Å². The number of carbonyl (C=O) groups excluding carboxylic acids is 1. The topological polar surface area (TPSA) is 47.9 Å². The average Bonchev–Trinajstić information content (AvgIpc) is 3.06. The van der Waals surface area contributed by atoms with Crippen LogP contribution in [0, 0.1) is 0 Å². The molecular weight excluding hydrogens is 316 g/mol. The monoisotopic (exact) mass is 348 g/mol. The first kappa shape index (κ1) is 18.4. The smallest absolute Gasteiger partial charge is 0.239 e.